The van der Waals surface area contributed by atoms with Gasteiger partial charge in [-0.2, -0.15) is 0 Å². The quantitative estimate of drug-likeness (QED) is 0.555. The van der Waals surface area contributed by atoms with Crippen molar-refractivity contribution in [3.8, 4) is 11.3 Å². The molecule has 0 bridgehead atoms. The lowest BCUT2D eigenvalue weighted by Crippen LogP contribution is -2.30. The molecule has 0 fully saturated rings. The zero-order chi connectivity index (χ0) is 18.0. The number of rotatable bonds is 5. The Labute approximate surface area is 158 Å². The van der Waals surface area contributed by atoms with Crippen LogP contribution >= 0.6 is 34.5 Å². The summed E-state index contributed by atoms with van der Waals surface area (Å²) >= 11 is 13.3. The van der Waals surface area contributed by atoms with E-state index >= 15 is 0 Å². The Hall–Kier alpha value is -2.15. The molecule has 0 aliphatic carbocycles. The smallest absolute Gasteiger partial charge is 0.298 e. The second kappa shape index (κ2) is 7.39. The number of carbonyl (C=O) groups excluding carboxylic acids is 1. The van der Waals surface area contributed by atoms with Crippen molar-refractivity contribution < 1.29 is 9.32 Å². The Morgan fingerprint density at radius 1 is 1.36 bits per heavy atom. The van der Waals surface area contributed by atoms with Crippen molar-refractivity contribution in [2.75, 3.05) is 11.4 Å². The number of aromatic nitrogens is 2. The molecule has 3 rings (SSSR count). The number of halogens is 2. The molecule has 2 aromatic heterocycles. The number of carbonyl (C=O) groups is 1. The van der Waals surface area contributed by atoms with E-state index in [-0.39, 0.29) is 11.7 Å². The van der Waals surface area contributed by atoms with Gasteiger partial charge in [0.1, 0.15) is 0 Å². The molecule has 1 amide bonds. The minimum Gasteiger partial charge on any atom is -0.351 e. The first-order valence-corrected chi connectivity index (χ1v) is 8.90. The maximum Gasteiger partial charge on any atom is 0.298 e. The molecule has 0 N–H and O–H groups in total. The van der Waals surface area contributed by atoms with Gasteiger partial charge in [-0.1, -0.05) is 40.5 Å². The molecule has 1 aromatic carbocycles. The number of benzene rings is 1. The van der Waals surface area contributed by atoms with Crippen LogP contribution in [0, 0.1) is 6.92 Å². The molecule has 0 spiro atoms. The number of thiazole rings is 1. The van der Waals surface area contributed by atoms with Crippen molar-refractivity contribution in [3.63, 3.8) is 0 Å². The highest BCUT2D eigenvalue weighted by Crippen LogP contribution is 2.32. The molecule has 5 nitrogen and oxygen atoms in total. The van der Waals surface area contributed by atoms with Crippen molar-refractivity contribution in [3.05, 3.63) is 63.8 Å². The van der Waals surface area contributed by atoms with Crippen LogP contribution in [0.25, 0.3) is 11.3 Å². The maximum atomic E-state index is 12.7. The fraction of sp³-hybridized carbons (Fsp3) is 0.118. The zero-order valence-corrected chi connectivity index (χ0v) is 15.5. The van der Waals surface area contributed by atoms with Gasteiger partial charge in [-0.15, -0.1) is 17.9 Å². The molecule has 0 radical (unpaired) electrons. The van der Waals surface area contributed by atoms with Crippen molar-refractivity contribution in [1.82, 2.24) is 10.1 Å². The van der Waals surface area contributed by atoms with Crippen LogP contribution in [0.5, 0.6) is 0 Å². The van der Waals surface area contributed by atoms with E-state index in [1.54, 1.807) is 31.2 Å². The lowest BCUT2D eigenvalue weighted by Gasteiger charge is -2.15. The van der Waals surface area contributed by atoms with Crippen LogP contribution in [0.3, 0.4) is 0 Å². The predicted molar refractivity (Wildman–Crippen MR) is 101 cm³/mol. The molecule has 128 valence electrons. The fourth-order valence-corrected chi connectivity index (χ4v) is 3.29. The SMILES string of the molecule is C=CCN(C(=O)c1cc(C)no1)c1nc(-c2ccc(Cl)c(Cl)c2)cs1. The molecule has 0 unspecified atom stereocenters. The van der Waals surface area contributed by atoms with E-state index in [0.29, 0.717) is 33.1 Å². The summed E-state index contributed by atoms with van der Waals surface area (Å²) in [7, 11) is 0. The van der Waals surface area contributed by atoms with E-state index < -0.39 is 0 Å². The summed E-state index contributed by atoms with van der Waals surface area (Å²) in [6, 6.07) is 6.86. The van der Waals surface area contributed by atoms with Crippen molar-refractivity contribution in [2.45, 2.75) is 6.92 Å². The number of nitrogens with zero attached hydrogens (tertiary/aromatic N) is 3. The highest BCUT2D eigenvalue weighted by molar-refractivity contribution is 7.14. The van der Waals surface area contributed by atoms with E-state index in [2.05, 4.69) is 16.7 Å². The third kappa shape index (κ3) is 3.76. The lowest BCUT2D eigenvalue weighted by molar-refractivity contribution is 0.0954. The first-order valence-electron chi connectivity index (χ1n) is 7.26. The van der Waals surface area contributed by atoms with Crippen LogP contribution in [0.2, 0.25) is 10.0 Å². The summed E-state index contributed by atoms with van der Waals surface area (Å²) in [4.78, 5) is 18.7. The first kappa shape index (κ1) is 17.7. The minimum atomic E-state index is -0.324. The highest BCUT2D eigenvalue weighted by atomic mass is 35.5. The molecule has 0 saturated heterocycles. The summed E-state index contributed by atoms with van der Waals surface area (Å²) in [6.45, 7) is 5.75. The van der Waals surface area contributed by atoms with E-state index in [9.17, 15) is 4.79 Å². The molecular formula is C17H13Cl2N3O2S. The van der Waals surface area contributed by atoms with Crippen molar-refractivity contribution in [2.24, 2.45) is 0 Å². The molecule has 25 heavy (non-hydrogen) atoms. The fourth-order valence-electron chi connectivity index (χ4n) is 2.15. The van der Waals surface area contributed by atoms with Crippen molar-refractivity contribution in [1.29, 1.82) is 0 Å². The average molecular weight is 394 g/mol. The average Bonchev–Trinajstić information content (AvgIpc) is 3.24. The van der Waals surface area contributed by atoms with Crippen LogP contribution < -0.4 is 4.90 Å². The Balaban J connectivity index is 1.92. The topological polar surface area (TPSA) is 59.2 Å². The van der Waals surface area contributed by atoms with E-state index in [0.717, 1.165) is 5.56 Å². The summed E-state index contributed by atoms with van der Waals surface area (Å²) in [5.41, 5.74) is 2.16. The van der Waals surface area contributed by atoms with Gasteiger partial charge in [0, 0.05) is 23.6 Å². The number of hydrogen-bond acceptors (Lipinski definition) is 5. The van der Waals surface area contributed by atoms with Gasteiger partial charge in [0.05, 0.1) is 21.4 Å². The van der Waals surface area contributed by atoms with Crippen LogP contribution in [-0.4, -0.2) is 22.6 Å². The van der Waals surface area contributed by atoms with Crippen LogP contribution in [0.15, 0.2) is 46.8 Å². The molecule has 2 heterocycles. The van der Waals surface area contributed by atoms with Crippen LogP contribution in [0.1, 0.15) is 16.2 Å². The molecule has 0 atom stereocenters. The standard InChI is InChI=1S/C17H13Cl2N3O2S/c1-3-6-22(16(23)15-7-10(2)21-24-15)17-20-14(9-25-17)11-4-5-12(18)13(19)8-11/h3-5,7-9H,1,6H2,2H3. The lowest BCUT2D eigenvalue weighted by atomic mass is 10.2. The third-order valence-corrected chi connectivity index (χ3v) is 4.94. The third-order valence-electron chi connectivity index (χ3n) is 3.33. The predicted octanol–water partition coefficient (Wildman–Crippen LogP) is 5.25. The van der Waals surface area contributed by atoms with E-state index in [1.165, 1.54) is 16.2 Å². The van der Waals surface area contributed by atoms with Crippen molar-refractivity contribution >= 4 is 45.6 Å². The molecule has 8 heteroatoms. The van der Waals surface area contributed by atoms with Gasteiger partial charge in [0.15, 0.2) is 5.13 Å². The Morgan fingerprint density at radius 3 is 2.80 bits per heavy atom. The largest absolute Gasteiger partial charge is 0.351 e. The van der Waals surface area contributed by atoms with Gasteiger partial charge in [0.25, 0.3) is 5.91 Å². The molecular weight excluding hydrogens is 381 g/mol. The van der Waals surface area contributed by atoms with E-state index in [1.807, 2.05) is 11.4 Å². The number of aryl methyl sites for hydroxylation is 1. The monoisotopic (exact) mass is 393 g/mol. The second-order valence-electron chi connectivity index (χ2n) is 5.18. The normalized spacial score (nSPS) is 10.7. The molecule has 0 aliphatic rings. The van der Waals surface area contributed by atoms with Gasteiger partial charge < -0.3 is 4.52 Å². The maximum absolute atomic E-state index is 12.7. The Bertz CT molecular complexity index is 936. The number of anilines is 1. The van der Waals surface area contributed by atoms with Gasteiger partial charge in [-0.05, 0) is 19.1 Å². The van der Waals surface area contributed by atoms with Gasteiger partial charge in [-0.25, -0.2) is 4.98 Å². The van der Waals surface area contributed by atoms with Gasteiger partial charge in [-0.3, -0.25) is 9.69 Å². The minimum absolute atomic E-state index is 0.158. The zero-order valence-electron chi connectivity index (χ0n) is 13.2. The van der Waals surface area contributed by atoms with E-state index in [4.69, 9.17) is 27.7 Å². The van der Waals surface area contributed by atoms with Gasteiger partial charge >= 0.3 is 0 Å². The highest BCUT2D eigenvalue weighted by Gasteiger charge is 2.23. The molecule has 0 aliphatic heterocycles. The first-order chi connectivity index (χ1) is 12.0. The van der Waals surface area contributed by atoms with Crippen LogP contribution in [0.4, 0.5) is 5.13 Å². The number of amides is 1. The second-order valence-corrected chi connectivity index (χ2v) is 6.83. The Kier molecular flexibility index (Phi) is 5.22. The summed E-state index contributed by atoms with van der Waals surface area (Å²) in [5.74, 6) is -0.166. The summed E-state index contributed by atoms with van der Waals surface area (Å²) in [5, 5.41) is 7.06. The molecule has 0 saturated carbocycles. The van der Waals surface area contributed by atoms with Gasteiger partial charge in [0.2, 0.25) is 5.76 Å². The number of hydrogen-bond donors (Lipinski definition) is 0. The Morgan fingerprint density at radius 2 is 2.16 bits per heavy atom. The summed E-state index contributed by atoms with van der Waals surface area (Å²) < 4.78 is 5.06. The van der Waals surface area contributed by atoms with Crippen LogP contribution in [-0.2, 0) is 0 Å². The summed E-state index contributed by atoms with van der Waals surface area (Å²) in [6.07, 6.45) is 1.63. The molecule has 3 aromatic rings.